The predicted octanol–water partition coefficient (Wildman–Crippen LogP) is 4.83. The number of aromatic nitrogens is 2. The zero-order chi connectivity index (χ0) is 24.8. The molecule has 2 aromatic carbocycles. The first-order valence-electron chi connectivity index (χ1n) is 11.1. The van der Waals surface area contributed by atoms with Gasteiger partial charge in [0.25, 0.3) is 5.91 Å². The highest BCUT2D eigenvalue weighted by Crippen LogP contribution is 2.53. The molecule has 2 bridgehead atoms. The number of nitrogens with zero attached hydrogens (tertiary/aromatic N) is 2. The summed E-state index contributed by atoms with van der Waals surface area (Å²) in [6.45, 7) is -0.297. The molecular weight excluding hydrogens is 503 g/mol. The lowest BCUT2D eigenvalue weighted by atomic mass is 9.55. The average Bonchev–Trinajstić information content (AvgIpc) is 3.33. The number of aliphatic hydroxyl groups excluding tert-OH is 1. The number of hydrogen-bond donors (Lipinski definition) is 2. The van der Waals surface area contributed by atoms with Gasteiger partial charge < -0.3 is 19.6 Å². The van der Waals surface area contributed by atoms with Gasteiger partial charge >= 0.3 is 0 Å². The van der Waals surface area contributed by atoms with E-state index in [0.717, 1.165) is 6.07 Å². The first-order chi connectivity index (χ1) is 16.7. The summed E-state index contributed by atoms with van der Waals surface area (Å²) in [4.78, 5) is 12.6. The van der Waals surface area contributed by atoms with Crippen LogP contribution in [0.25, 0.3) is 11.5 Å². The maximum atomic E-state index is 13.8. The zero-order valence-electron chi connectivity index (χ0n) is 18.4. The molecule has 7 nitrogen and oxygen atoms in total. The van der Waals surface area contributed by atoms with Crippen molar-refractivity contribution in [3.63, 3.8) is 0 Å². The largest absolute Gasteiger partial charge is 0.484 e. The maximum Gasteiger partial charge on any atom is 0.258 e. The fraction of sp³-hybridized carbons (Fsp3) is 0.375. The lowest BCUT2D eigenvalue weighted by Crippen LogP contribution is -2.64. The summed E-state index contributed by atoms with van der Waals surface area (Å²) in [5, 5.41) is 22.2. The number of amides is 1. The van der Waals surface area contributed by atoms with E-state index >= 15 is 0 Å². The van der Waals surface area contributed by atoms with E-state index in [9.17, 15) is 18.7 Å². The lowest BCUT2D eigenvalue weighted by Gasteiger charge is -2.54. The maximum absolute atomic E-state index is 13.8. The Hall–Kier alpha value is -2.75. The number of fused-ring (bicyclic) bond motifs is 3. The highest BCUT2D eigenvalue weighted by atomic mass is 35.5. The van der Waals surface area contributed by atoms with Gasteiger partial charge in [0.2, 0.25) is 11.8 Å². The molecule has 3 aromatic rings. The molecule has 3 saturated carbocycles. The molecule has 0 spiro atoms. The SMILES string of the molecule is O=C(COc1ccc(Cl)c(F)c1)NC12CCC(c3nnc(-c4ccc(Cl)c(F)c4)o3)(CC1)[C@@H](O)C2. The van der Waals surface area contributed by atoms with Gasteiger partial charge in [0.05, 0.1) is 21.6 Å². The van der Waals surface area contributed by atoms with Crippen LogP contribution < -0.4 is 10.1 Å². The minimum Gasteiger partial charge on any atom is -0.484 e. The second-order valence-corrected chi connectivity index (χ2v) is 9.92. The summed E-state index contributed by atoms with van der Waals surface area (Å²) in [5.41, 5.74) is -0.931. The van der Waals surface area contributed by atoms with Gasteiger partial charge in [-0.1, -0.05) is 23.2 Å². The van der Waals surface area contributed by atoms with Crippen LogP contribution in [0.5, 0.6) is 5.75 Å². The Labute approximate surface area is 209 Å². The molecule has 0 aliphatic heterocycles. The van der Waals surface area contributed by atoms with Crippen molar-refractivity contribution in [2.75, 3.05) is 6.61 Å². The van der Waals surface area contributed by atoms with Gasteiger partial charge in [-0.15, -0.1) is 10.2 Å². The molecule has 184 valence electrons. The standard InChI is InChI=1S/C24H21Cl2F2N3O4/c25-15-3-1-13(9-17(15)27)21-30-31-22(35-21)24-7-5-23(6-8-24,11-19(24)32)29-20(33)12-34-14-2-4-16(26)18(28)10-14/h1-4,9-10,19,32H,5-8,11-12H2,(H,29,33)/t19-,23?,24?/m0/s1. The van der Waals surface area contributed by atoms with Gasteiger partial charge in [-0.3, -0.25) is 4.79 Å². The van der Waals surface area contributed by atoms with Gasteiger partial charge in [-0.05, 0) is 62.4 Å². The van der Waals surface area contributed by atoms with E-state index in [2.05, 4.69) is 15.5 Å². The quantitative estimate of drug-likeness (QED) is 0.480. The molecule has 35 heavy (non-hydrogen) atoms. The third kappa shape index (κ3) is 4.48. The van der Waals surface area contributed by atoms with Crippen LogP contribution in [0.1, 0.15) is 38.0 Å². The Morgan fingerprint density at radius 1 is 1.09 bits per heavy atom. The molecule has 0 saturated heterocycles. The van der Waals surface area contributed by atoms with Crippen LogP contribution in [0.15, 0.2) is 40.8 Å². The van der Waals surface area contributed by atoms with E-state index in [-0.39, 0.29) is 34.2 Å². The minimum absolute atomic E-state index is 0.00816. The molecule has 0 radical (unpaired) electrons. The second kappa shape index (κ2) is 9.04. The highest BCUT2D eigenvalue weighted by Gasteiger charge is 2.58. The summed E-state index contributed by atoms with van der Waals surface area (Å²) in [7, 11) is 0. The van der Waals surface area contributed by atoms with Crippen LogP contribution in [0.2, 0.25) is 10.0 Å². The Bertz CT molecular complexity index is 1280. The van der Waals surface area contributed by atoms with Gasteiger partial charge in [-0.2, -0.15) is 0 Å². The molecule has 3 aliphatic carbocycles. The fourth-order valence-electron chi connectivity index (χ4n) is 5.03. The summed E-state index contributed by atoms with van der Waals surface area (Å²) in [6.07, 6.45) is 1.72. The van der Waals surface area contributed by atoms with E-state index < -0.39 is 28.7 Å². The number of ether oxygens (including phenoxy) is 1. The third-order valence-corrected chi connectivity index (χ3v) is 7.62. The van der Waals surface area contributed by atoms with Crippen LogP contribution in [-0.4, -0.2) is 39.5 Å². The molecule has 1 atom stereocenters. The third-order valence-electron chi connectivity index (χ3n) is 7.00. The molecule has 1 aromatic heterocycles. The fourth-order valence-corrected chi connectivity index (χ4v) is 5.26. The first-order valence-corrected chi connectivity index (χ1v) is 11.8. The average molecular weight is 524 g/mol. The van der Waals surface area contributed by atoms with E-state index in [1.807, 2.05) is 0 Å². The zero-order valence-corrected chi connectivity index (χ0v) is 19.9. The monoisotopic (exact) mass is 523 g/mol. The number of carbonyl (C=O) groups is 1. The van der Waals surface area contributed by atoms with Crippen molar-refractivity contribution in [2.24, 2.45) is 0 Å². The highest BCUT2D eigenvalue weighted by molar-refractivity contribution is 6.31. The number of carbonyl (C=O) groups excluding carboxylic acids is 1. The number of halogens is 4. The van der Waals surface area contributed by atoms with Gasteiger partial charge in [0.1, 0.15) is 17.4 Å². The number of rotatable bonds is 6. The van der Waals surface area contributed by atoms with E-state index in [1.54, 1.807) is 6.07 Å². The lowest BCUT2D eigenvalue weighted by molar-refractivity contribution is -0.129. The number of nitrogens with one attached hydrogen (secondary N) is 1. The number of benzene rings is 2. The Kier molecular flexibility index (Phi) is 6.19. The Balaban J connectivity index is 1.24. The molecule has 11 heteroatoms. The smallest absolute Gasteiger partial charge is 0.258 e. The van der Waals surface area contributed by atoms with Crippen molar-refractivity contribution in [3.05, 3.63) is 64.0 Å². The molecule has 2 N–H and O–H groups in total. The predicted molar refractivity (Wildman–Crippen MR) is 123 cm³/mol. The van der Waals surface area contributed by atoms with Gasteiger partial charge in [-0.25, -0.2) is 8.78 Å². The summed E-state index contributed by atoms with van der Waals surface area (Å²) >= 11 is 11.4. The molecule has 6 rings (SSSR count). The first kappa shape index (κ1) is 24.0. The second-order valence-electron chi connectivity index (χ2n) is 9.11. The van der Waals surface area contributed by atoms with Gasteiger partial charge in [0.15, 0.2) is 6.61 Å². The van der Waals surface area contributed by atoms with Gasteiger partial charge in [0, 0.05) is 17.2 Å². The van der Waals surface area contributed by atoms with Crippen LogP contribution in [0.3, 0.4) is 0 Å². The molecule has 1 amide bonds. The van der Waals surface area contributed by atoms with Crippen molar-refractivity contribution in [1.82, 2.24) is 15.5 Å². The Morgan fingerprint density at radius 2 is 1.77 bits per heavy atom. The van der Waals surface area contributed by atoms with Crippen molar-refractivity contribution in [1.29, 1.82) is 0 Å². The van der Waals surface area contributed by atoms with E-state index in [1.165, 1.54) is 24.3 Å². The van der Waals surface area contributed by atoms with Crippen molar-refractivity contribution >= 4 is 29.1 Å². The van der Waals surface area contributed by atoms with Crippen molar-refractivity contribution in [2.45, 2.75) is 49.2 Å². The summed E-state index contributed by atoms with van der Waals surface area (Å²) < 4.78 is 38.7. The molecule has 3 fully saturated rings. The minimum atomic E-state index is -0.827. The van der Waals surface area contributed by atoms with Crippen molar-refractivity contribution < 1.29 is 27.8 Å². The van der Waals surface area contributed by atoms with E-state index in [0.29, 0.717) is 43.6 Å². The molecule has 3 aliphatic rings. The number of hydrogen-bond acceptors (Lipinski definition) is 6. The van der Waals surface area contributed by atoms with Crippen LogP contribution in [0, 0.1) is 11.6 Å². The summed E-state index contributed by atoms with van der Waals surface area (Å²) in [5.74, 6) is -0.965. The van der Waals surface area contributed by atoms with Crippen LogP contribution in [-0.2, 0) is 10.2 Å². The van der Waals surface area contributed by atoms with Crippen molar-refractivity contribution in [3.8, 4) is 17.2 Å². The number of aliphatic hydroxyl groups is 1. The van der Waals surface area contributed by atoms with Crippen LogP contribution in [0.4, 0.5) is 8.78 Å². The Morgan fingerprint density at radius 3 is 2.43 bits per heavy atom. The molecule has 1 heterocycles. The van der Waals surface area contributed by atoms with Crippen LogP contribution >= 0.6 is 23.2 Å². The topological polar surface area (TPSA) is 97.5 Å². The molecule has 0 unspecified atom stereocenters. The normalized spacial score (nSPS) is 25.5. The summed E-state index contributed by atoms with van der Waals surface area (Å²) in [6, 6.07) is 8.16. The molecular formula is C24H21Cl2F2N3O4. The van der Waals surface area contributed by atoms with E-state index in [4.69, 9.17) is 32.4 Å².